The molecule has 11 nitrogen and oxygen atoms in total. The van der Waals surface area contributed by atoms with Crippen LogP contribution < -0.4 is 16.2 Å². The molecule has 11 heteroatoms. The number of quaternary nitrogens is 1. The molecule has 0 radical (unpaired) electrons. The van der Waals surface area contributed by atoms with Gasteiger partial charge in [0.05, 0.1) is 40.2 Å². The third-order valence-corrected chi connectivity index (χ3v) is 3.94. The molecule has 2 heterocycles. The number of amides is 2. The highest BCUT2D eigenvalue weighted by Gasteiger charge is 2.18. The lowest BCUT2D eigenvalue weighted by Crippen LogP contribution is -2.43. The van der Waals surface area contributed by atoms with Gasteiger partial charge in [-0.2, -0.15) is 0 Å². The van der Waals surface area contributed by atoms with E-state index < -0.39 is 6.10 Å². The number of H-pyrrole nitrogens is 1. The Labute approximate surface area is 162 Å². The van der Waals surface area contributed by atoms with Gasteiger partial charge in [0.15, 0.2) is 11.2 Å². The number of aliphatic hydroxyl groups excluding tert-OH is 1. The molecule has 0 aromatic carbocycles. The van der Waals surface area contributed by atoms with Crippen molar-refractivity contribution in [1.82, 2.24) is 30.2 Å². The van der Waals surface area contributed by atoms with E-state index in [9.17, 15) is 19.5 Å². The van der Waals surface area contributed by atoms with E-state index in [-0.39, 0.29) is 42.3 Å². The van der Waals surface area contributed by atoms with Gasteiger partial charge < -0.3 is 29.8 Å². The zero-order valence-electron chi connectivity index (χ0n) is 16.4. The SMILES string of the molecule is C[N+](C)(C)CC(O)CC(=O)NCCNC(=O)CCn1cnc2c(=O)[nH]cnc21. The Kier molecular flexibility index (Phi) is 7.24. The molecule has 154 valence electrons. The van der Waals surface area contributed by atoms with Crippen molar-refractivity contribution in [2.75, 3.05) is 40.8 Å². The molecule has 0 aliphatic carbocycles. The van der Waals surface area contributed by atoms with Gasteiger partial charge in [-0.15, -0.1) is 0 Å². The number of aryl methyl sites for hydroxylation is 1. The molecule has 4 N–H and O–H groups in total. The van der Waals surface area contributed by atoms with Gasteiger partial charge >= 0.3 is 0 Å². The molecular weight excluding hydrogens is 366 g/mol. The summed E-state index contributed by atoms with van der Waals surface area (Å²) in [6.45, 7) is 1.39. The normalized spacial score (nSPS) is 12.7. The van der Waals surface area contributed by atoms with Gasteiger partial charge in [0.25, 0.3) is 5.56 Å². The van der Waals surface area contributed by atoms with Crippen molar-refractivity contribution in [3.05, 3.63) is 23.0 Å². The van der Waals surface area contributed by atoms with Crippen LogP contribution in [0.2, 0.25) is 0 Å². The van der Waals surface area contributed by atoms with E-state index in [0.717, 1.165) is 0 Å². The van der Waals surface area contributed by atoms with Crippen molar-refractivity contribution < 1.29 is 19.2 Å². The zero-order chi connectivity index (χ0) is 20.7. The number of carbonyl (C=O) groups is 2. The quantitative estimate of drug-likeness (QED) is 0.277. The molecule has 0 fully saturated rings. The van der Waals surface area contributed by atoms with Gasteiger partial charge in [-0.3, -0.25) is 14.4 Å². The number of aromatic amines is 1. The summed E-state index contributed by atoms with van der Waals surface area (Å²) in [4.78, 5) is 45.8. The van der Waals surface area contributed by atoms with E-state index in [0.29, 0.717) is 29.8 Å². The summed E-state index contributed by atoms with van der Waals surface area (Å²) in [6.07, 6.45) is 2.28. The minimum absolute atomic E-state index is 0.0311. The Morgan fingerprint density at radius 3 is 2.57 bits per heavy atom. The number of aliphatic hydroxyl groups is 1. The molecule has 0 aliphatic heterocycles. The molecule has 0 spiro atoms. The number of hydrogen-bond acceptors (Lipinski definition) is 6. The van der Waals surface area contributed by atoms with E-state index in [4.69, 9.17) is 0 Å². The van der Waals surface area contributed by atoms with E-state index in [1.54, 1.807) is 4.57 Å². The summed E-state index contributed by atoms with van der Waals surface area (Å²) in [5.74, 6) is -0.442. The van der Waals surface area contributed by atoms with Crippen LogP contribution in [0.5, 0.6) is 0 Å². The molecule has 1 unspecified atom stereocenters. The lowest BCUT2D eigenvalue weighted by atomic mass is 10.2. The predicted molar refractivity (Wildman–Crippen MR) is 102 cm³/mol. The van der Waals surface area contributed by atoms with E-state index in [2.05, 4.69) is 25.6 Å². The second-order valence-corrected chi connectivity index (χ2v) is 7.62. The van der Waals surface area contributed by atoms with Crippen LogP contribution in [0.1, 0.15) is 12.8 Å². The Balaban J connectivity index is 1.65. The Morgan fingerprint density at radius 1 is 1.21 bits per heavy atom. The van der Waals surface area contributed by atoms with Gasteiger partial charge in [0.1, 0.15) is 12.6 Å². The van der Waals surface area contributed by atoms with Gasteiger partial charge in [-0.05, 0) is 0 Å². The smallest absolute Gasteiger partial charge is 0.278 e. The highest BCUT2D eigenvalue weighted by atomic mass is 16.3. The number of nitrogens with zero attached hydrogens (tertiary/aromatic N) is 4. The maximum absolute atomic E-state index is 11.9. The van der Waals surface area contributed by atoms with Crippen LogP contribution >= 0.6 is 0 Å². The van der Waals surface area contributed by atoms with Crippen molar-refractivity contribution in [3.63, 3.8) is 0 Å². The second-order valence-electron chi connectivity index (χ2n) is 7.62. The fraction of sp³-hybridized carbons (Fsp3) is 0.588. The largest absolute Gasteiger partial charge is 0.387 e. The molecule has 1 atom stereocenters. The first-order valence-electron chi connectivity index (χ1n) is 9.06. The van der Waals surface area contributed by atoms with Crippen LogP contribution in [-0.4, -0.2) is 87.8 Å². The summed E-state index contributed by atoms with van der Waals surface area (Å²) in [7, 11) is 5.83. The first-order chi connectivity index (χ1) is 13.2. The molecule has 2 aromatic heterocycles. The van der Waals surface area contributed by atoms with Gasteiger partial charge in [-0.25, -0.2) is 9.97 Å². The van der Waals surface area contributed by atoms with Crippen LogP contribution in [0.25, 0.3) is 11.2 Å². The van der Waals surface area contributed by atoms with E-state index in [1.807, 2.05) is 21.1 Å². The predicted octanol–water partition coefficient (Wildman–Crippen LogP) is -1.80. The summed E-state index contributed by atoms with van der Waals surface area (Å²) in [5.41, 5.74) is 0.338. The highest BCUT2D eigenvalue weighted by Crippen LogP contribution is 2.04. The number of fused-ring (bicyclic) bond motifs is 1. The lowest BCUT2D eigenvalue weighted by molar-refractivity contribution is -0.873. The zero-order valence-corrected chi connectivity index (χ0v) is 16.4. The van der Waals surface area contributed by atoms with Crippen LogP contribution in [0.4, 0.5) is 0 Å². The molecule has 2 rings (SSSR count). The number of rotatable bonds is 10. The average molecular weight is 394 g/mol. The van der Waals surface area contributed by atoms with Gasteiger partial charge in [0, 0.05) is 26.1 Å². The fourth-order valence-electron chi connectivity index (χ4n) is 2.75. The van der Waals surface area contributed by atoms with Gasteiger partial charge in [0.2, 0.25) is 11.8 Å². The molecule has 0 saturated carbocycles. The van der Waals surface area contributed by atoms with Gasteiger partial charge in [-0.1, -0.05) is 0 Å². The first kappa shape index (κ1) is 21.5. The number of hydrogen-bond donors (Lipinski definition) is 4. The summed E-state index contributed by atoms with van der Waals surface area (Å²) in [5, 5.41) is 15.3. The number of likely N-dealkylation sites (N-methyl/N-ethyl adjacent to an activating group) is 1. The topological polar surface area (TPSA) is 142 Å². The molecule has 0 bridgehead atoms. The Hall–Kier alpha value is -2.79. The summed E-state index contributed by atoms with van der Waals surface area (Å²) >= 11 is 0. The van der Waals surface area contributed by atoms with Crippen molar-refractivity contribution in [2.24, 2.45) is 0 Å². The van der Waals surface area contributed by atoms with E-state index in [1.165, 1.54) is 12.7 Å². The molecule has 2 amide bonds. The van der Waals surface area contributed by atoms with Crippen LogP contribution in [0.15, 0.2) is 17.4 Å². The fourth-order valence-corrected chi connectivity index (χ4v) is 2.75. The molecule has 0 aliphatic rings. The standard InChI is InChI=1S/C17H27N7O4/c1-24(2,3)9-12(25)8-14(27)19-6-5-18-13(26)4-7-23-11-22-15-16(23)20-10-21-17(15)28/h10-12,25H,4-9H2,1-3H3,(H2-,18,19,20,21,26,27,28)/p+1. The van der Waals surface area contributed by atoms with Crippen LogP contribution in [0.3, 0.4) is 0 Å². The third kappa shape index (κ3) is 6.74. The van der Waals surface area contributed by atoms with Crippen molar-refractivity contribution in [3.8, 4) is 0 Å². The number of aromatic nitrogens is 4. The van der Waals surface area contributed by atoms with Crippen molar-refractivity contribution in [1.29, 1.82) is 0 Å². The number of imidazole rings is 1. The van der Waals surface area contributed by atoms with Crippen molar-refractivity contribution >= 4 is 23.0 Å². The third-order valence-electron chi connectivity index (χ3n) is 3.94. The highest BCUT2D eigenvalue weighted by molar-refractivity contribution is 5.77. The number of nitrogens with one attached hydrogen (secondary N) is 3. The molecular formula is C17H28N7O4+. The summed E-state index contributed by atoms with van der Waals surface area (Å²) < 4.78 is 2.21. The average Bonchev–Trinajstić information content (AvgIpc) is 2.99. The second kappa shape index (κ2) is 9.42. The maximum atomic E-state index is 11.9. The minimum atomic E-state index is -0.708. The van der Waals surface area contributed by atoms with Crippen molar-refractivity contribution in [2.45, 2.75) is 25.5 Å². The maximum Gasteiger partial charge on any atom is 0.278 e. The Bertz CT molecular complexity index is 868. The summed E-state index contributed by atoms with van der Waals surface area (Å²) in [6, 6.07) is 0. The van der Waals surface area contributed by atoms with E-state index >= 15 is 0 Å². The molecule has 2 aromatic rings. The minimum Gasteiger partial charge on any atom is -0.387 e. The first-order valence-corrected chi connectivity index (χ1v) is 9.06. The lowest BCUT2D eigenvalue weighted by Gasteiger charge is -2.26. The number of carbonyl (C=O) groups excluding carboxylic acids is 2. The monoisotopic (exact) mass is 394 g/mol. The van der Waals surface area contributed by atoms with Crippen LogP contribution in [-0.2, 0) is 16.1 Å². The Morgan fingerprint density at radius 2 is 1.89 bits per heavy atom. The molecule has 28 heavy (non-hydrogen) atoms. The van der Waals surface area contributed by atoms with Crippen LogP contribution in [0, 0.1) is 0 Å². The molecule has 0 saturated heterocycles.